The van der Waals surface area contributed by atoms with Crippen LogP contribution in [0, 0.1) is 0 Å². The highest BCUT2D eigenvalue weighted by molar-refractivity contribution is 7.01. The molecular formula is C96H87BN4. The largest absolute Gasteiger partial charge is 0.310 e. The lowest BCUT2D eigenvalue weighted by Gasteiger charge is -2.48. The molecular weight excluding hydrogens is 1220 g/mol. The second-order valence-electron chi connectivity index (χ2n) is 30.5. The first-order chi connectivity index (χ1) is 57.1. The number of benzene rings is 13. The molecule has 0 unspecified atom stereocenters. The van der Waals surface area contributed by atoms with Crippen molar-refractivity contribution < 1.29 is 27.4 Å². The van der Waals surface area contributed by atoms with Gasteiger partial charge in [-0.1, -0.05) is 284 Å². The number of hydrogen-bond donors (Lipinski definition) is 0. The Morgan fingerprint density at radius 3 is 0.851 bits per heavy atom. The maximum Gasteiger partial charge on any atom is 0.252 e. The van der Waals surface area contributed by atoms with Crippen LogP contribution in [0.25, 0.3) is 99.5 Å². The maximum atomic E-state index is 12.0. The minimum atomic E-state index is -1.28. The lowest BCUT2D eigenvalue weighted by molar-refractivity contribution is 0.590. The van der Waals surface area contributed by atoms with E-state index in [-0.39, 0.29) is 89.6 Å². The monoisotopic (exact) mass is 1330 g/mol. The fraction of sp³-hybridized carbons (Fsp3) is 0.188. The maximum absolute atomic E-state index is 12.0. The molecule has 0 aliphatic carbocycles. The van der Waals surface area contributed by atoms with Crippen LogP contribution in [0.15, 0.2) is 279 Å². The van der Waals surface area contributed by atoms with E-state index in [9.17, 15) is 27.4 Å². The normalized spacial score (nSPS) is 15.9. The van der Waals surface area contributed by atoms with Crippen LogP contribution in [0.4, 0.5) is 34.1 Å². The van der Waals surface area contributed by atoms with Crippen molar-refractivity contribution in [3.8, 4) is 55.9 Å². The van der Waals surface area contributed by atoms with Gasteiger partial charge in [0.2, 0.25) is 0 Å². The molecule has 4 nitrogen and oxygen atoms in total. The van der Waals surface area contributed by atoms with Gasteiger partial charge in [0.05, 0.1) is 60.9 Å². The first-order valence-electron chi connectivity index (χ1n) is 44.8. The van der Waals surface area contributed by atoms with Crippen molar-refractivity contribution in [2.45, 2.75) is 118 Å². The van der Waals surface area contributed by atoms with E-state index in [1.165, 1.54) is 9.13 Å². The Morgan fingerprint density at radius 2 is 0.584 bits per heavy atom. The zero-order valence-electron chi connectivity index (χ0n) is 79.0. The predicted octanol–water partition coefficient (Wildman–Crippen LogP) is 24.8. The third kappa shape index (κ3) is 10.4. The van der Waals surface area contributed by atoms with E-state index < -0.39 is 144 Å². The van der Waals surface area contributed by atoms with E-state index in [0.717, 1.165) is 38.9 Å². The molecule has 0 fully saturated rings. The molecule has 13 aromatic carbocycles. The molecule has 15 aromatic rings. The summed E-state index contributed by atoms with van der Waals surface area (Å²) in [7, 11) is 0. The topological polar surface area (TPSA) is 16.3 Å². The second-order valence-corrected chi connectivity index (χ2v) is 30.5. The molecule has 0 bridgehead atoms. The summed E-state index contributed by atoms with van der Waals surface area (Å²) in [4.78, 5) is 4.22. The van der Waals surface area contributed by atoms with E-state index in [1.807, 2.05) is 149 Å². The Hall–Kier alpha value is -10.9. The summed E-state index contributed by atoms with van der Waals surface area (Å²) in [5.41, 5.74) is 9.02. The van der Waals surface area contributed by atoms with Gasteiger partial charge in [0.25, 0.3) is 6.71 Å². The molecule has 0 radical (unpaired) electrons. The van der Waals surface area contributed by atoms with Crippen LogP contribution in [-0.4, -0.2) is 15.8 Å². The summed E-state index contributed by atoms with van der Waals surface area (Å²) in [6.45, 7) is 25.5. The van der Waals surface area contributed by atoms with Crippen molar-refractivity contribution in [2.24, 2.45) is 0 Å². The Labute approximate surface area is 625 Å². The lowest BCUT2D eigenvalue weighted by atomic mass is 9.31. The van der Waals surface area contributed by atoms with Gasteiger partial charge >= 0.3 is 0 Å². The third-order valence-corrected chi connectivity index (χ3v) is 20.3. The summed E-state index contributed by atoms with van der Waals surface area (Å²) in [5.74, 6) is -1.56. The minimum Gasteiger partial charge on any atom is -0.310 e. The van der Waals surface area contributed by atoms with Crippen LogP contribution in [0.1, 0.15) is 157 Å². The van der Waals surface area contributed by atoms with Crippen LogP contribution in [-0.2, 0) is 16.2 Å². The van der Waals surface area contributed by atoms with E-state index in [2.05, 4.69) is 109 Å². The van der Waals surface area contributed by atoms with Gasteiger partial charge in [-0.05, 0) is 179 Å². The average Bonchev–Trinajstić information content (AvgIpc) is 1.44. The molecule has 4 heterocycles. The van der Waals surface area contributed by atoms with Gasteiger partial charge in [-0.3, -0.25) is 0 Å². The van der Waals surface area contributed by atoms with Crippen molar-refractivity contribution in [3.63, 3.8) is 0 Å². The van der Waals surface area contributed by atoms with Gasteiger partial charge in [-0.25, -0.2) is 0 Å². The molecule has 2 aliphatic heterocycles. The van der Waals surface area contributed by atoms with Gasteiger partial charge in [0.15, 0.2) is 0 Å². The smallest absolute Gasteiger partial charge is 0.252 e. The zero-order valence-corrected chi connectivity index (χ0v) is 59.0. The summed E-state index contributed by atoms with van der Waals surface area (Å²) in [5, 5.41) is -1.03. The molecule has 0 amide bonds. The SMILES string of the molecule is [2H]c1c(C(C)C)c2c(c([2H])c1-n1c3c([2H])c([2H])c([2H])c([2H])c3c3c([2H])c([2H])c([2H])c([2H])c31)N(c1c(-c3ccccc3)cc(C(C)(C)C)cc1-c1ccccc1)c1cc(C(C)(C)C)cc3c1B2c1c(C(C)C)c([2H])c(-n2c4c([2H])c([2H])c([2H])c([2H])c4c4c([2H])c([2H])c([2H])c([2H])c42)c([2H])c1N3c1c(-c2ccccc2)cc(C(C)(C)C)cc1-c1ccccc1. The van der Waals surface area contributed by atoms with Crippen LogP contribution < -0.4 is 26.2 Å². The molecule has 101 heavy (non-hydrogen) atoms. The van der Waals surface area contributed by atoms with E-state index in [4.69, 9.17) is 0 Å². The minimum absolute atomic E-state index is 0.133. The van der Waals surface area contributed by atoms with Gasteiger partial charge in [0.1, 0.15) is 0 Å². The Kier molecular flexibility index (Phi) is 10.7. The molecule has 2 aromatic heterocycles. The van der Waals surface area contributed by atoms with Gasteiger partial charge < -0.3 is 18.9 Å². The highest BCUT2D eigenvalue weighted by Gasteiger charge is 2.49. The molecule has 494 valence electrons. The first kappa shape index (κ1) is 45.0. The van der Waals surface area contributed by atoms with Crippen molar-refractivity contribution in [2.75, 3.05) is 9.80 Å². The number of fused-ring (bicyclic) bond motifs is 10. The van der Waals surface area contributed by atoms with Gasteiger partial charge in [0, 0.05) is 77.9 Å². The molecule has 0 N–H and O–H groups in total. The summed E-state index contributed by atoms with van der Waals surface area (Å²) in [6, 6.07) is 40.8. The second kappa shape index (κ2) is 23.9. The predicted molar refractivity (Wildman–Crippen MR) is 435 cm³/mol. The molecule has 0 saturated heterocycles. The van der Waals surface area contributed by atoms with Crippen LogP contribution >= 0.6 is 0 Å². The number of aromatic nitrogens is 2. The van der Waals surface area contributed by atoms with Crippen molar-refractivity contribution in [1.82, 2.24) is 9.13 Å². The number of anilines is 6. The third-order valence-electron chi connectivity index (χ3n) is 20.3. The quantitative estimate of drug-likeness (QED) is 0.127. The van der Waals surface area contributed by atoms with Crippen LogP contribution in [0.5, 0.6) is 0 Å². The van der Waals surface area contributed by atoms with Crippen LogP contribution in [0.2, 0.25) is 0 Å². The standard InChI is InChI=1S/C96H87BN4/c1-60(2)75-56-69(98-81-46-30-26-42-71(81)72-43-27-31-47-82(72)98)58-87-89(75)97-90-76(61(3)4)57-70(99-83-48-32-28-44-73(83)74-45-29-33-49-84(74)99)59-88(90)101(93-79(64-38-22-16-23-39-64)52-67(95(8,9)10)53-80(93)65-40-24-17-25-41-65)86-55-68(96(11,12)13)54-85(91(86)97)100(87)92-77(62-34-18-14-19-35-62)50-66(94(5,6)7)51-78(92)63-36-20-15-21-37-63/h14-61H,1-13H3/i26D,27D,28D,29D,30D,31D,32D,33D,42D,43D,44D,45D,46D,47D,48D,49D,56D,57D,58D,59D. The fourth-order valence-electron chi connectivity index (χ4n) is 15.3. The van der Waals surface area contributed by atoms with E-state index in [0.29, 0.717) is 61.4 Å². The lowest BCUT2D eigenvalue weighted by Crippen LogP contribution is -2.63. The molecule has 17 rings (SSSR count). The van der Waals surface area contributed by atoms with Crippen LogP contribution in [0.3, 0.4) is 0 Å². The summed E-state index contributed by atoms with van der Waals surface area (Å²) in [6.07, 6.45) is 0. The number of nitrogens with zero attached hydrogens (tertiary/aromatic N) is 4. The molecule has 0 saturated carbocycles. The fourth-order valence-corrected chi connectivity index (χ4v) is 15.3. The molecule has 0 atom stereocenters. The Morgan fingerprint density at radius 1 is 0.317 bits per heavy atom. The number of rotatable bonds is 10. The molecule has 2 aliphatic rings. The molecule has 5 heteroatoms. The summed E-state index contributed by atoms with van der Waals surface area (Å²) >= 11 is 0. The Balaban J connectivity index is 1.21. The Bertz CT molecular complexity index is 6340. The van der Waals surface area contributed by atoms with E-state index >= 15 is 0 Å². The van der Waals surface area contributed by atoms with E-state index in [1.54, 1.807) is 0 Å². The molecule has 0 spiro atoms. The summed E-state index contributed by atoms with van der Waals surface area (Å²) < 4.78 is 203. The average molecular weight is 1330 g/mol. The van der Waals surface area contributed by atoms with Crippen molar-refractivity contribution >= 4 is 101 Å². The van der Waals surface area contributed by atoms with Crippen molar-refractivity contribution in [3.05, 3.63) is 306 Å². The van der Waals surface area contributed by atoms with Gasteiger partial charge in [-0.15, -0.1) is 0 Å². The highest BCUT2D eigenvalue weighted by atomic mass is 15.2. The first-order valence-corrected chi connectivity index (χ1v) is 34.8. The highest BCUT2D eigenvalue weighted by Crippen LogP contribution is 2.57. The van der Waals surface area contributed by atoms with Crippen molar-refractivity contribution in [1.29, 1.82) is 0 Å². The number of hydrogen-bond acceptors (Lipinski definition) is 2. The van der Waals surface area contributed by atoms with Gasteiger partial charge in [-0.2, -0.15) is 0 Å². The zero-order chi connectivity index (χ0) is 86.9. The number of para-hydroxylation sites is 4.